The molecule has 1 fully saturated rings. The quantitative estimate of drug-likeness (QED) is 0.878. The number of hydrogen-bond acceptors (Lipinski definition) is 3. The van der Waals surface area contributed by atoms with E-state index in [4.69, 9.17) is 4.74 Å². The van der Waals surface area contributed by atoms with Gasteiger partial charge in [-0.2, -0.15) is 18.3 Å². The summed E-state index contributed by atoms with van der Waals surface area (Å²) in [7, 11) is 0. The van der Waals surface area contributed by atoms with Gasteiger partial charge in [-0.15, -0.1) is 0 Å². The summed E-state index contributed by atoms with van der Waals surface area (Å²) in [6.45, 7) is 6.07. The van der Waals surface area contributed by atoms with Crippen molar-refractivity contribution in [2.75, 3.05) is 6.61 Å². The molecule has 1 N–H and O–H groups in total. The molecule has 0 saturated carbocycles. The van der Waals surface area contributed by atoms with Gasteiger partial charge in [-0.1, -0.05) is 17.7 Å². The first-order valence-corrected chi connectivity index (χ1v) is 8.74. The van der Waals surface area contributed by atoms with Crippen LogP contribution < -0.4 is 5.32 Å². The Kier molecular flexibility index (Phi) is 5.03. The zero-order chi connectivity index (χ0) is 19.8. The lowest BCUT2D eigenvalue weighted by molar-refractivity contribution is -0.143. The Morgan fingerprint density at radius 1 is 1.30 bits per heavy atom. The molecule has 0 spiro atoms. The highest BCUT2D eigenvalue weighted by Crippen LogP contribution is 2.34. The van der Waals surface area contributed by atoms with E-state index in [1.54, 1.807) is 24.3 Å². The van der Waals surface area contributed by atoms with Crippen LogP contribution in [0.2, 0.25) is 0 Å². The summed E-state index contributed by atoms with van der Waals surface area (Å²) in [6, 6.07) is 6.23. The number of nitrogens with zero attached hydrogens (tertiary/aromatic N) is 2. The van der Waals surface area contributed by atoms with Crippen molar-refractivity contribution in [1.29, 1.82) is 0 Å². The van der Waals surface area contributed by atoms with Crippen LogP contribution in [-0.2, 0) is 10.9 Å². The van der Waals surface area contributed by atoms with Crippen LogP contribution in [0.4, 0.5) is 13.2 Å². The van der Waals surface area contributed by atoms with Gasteiger partial charge in [0.05, 0.1) is 23.0 Å². The molecule has 1 unspecified atom stereocenters. The van der Waals surface area contributed by atoms with Crippen molar-refractivity contribution in [3.63, 3.8) is 0 Å². The van der Waals surface area contributed by atoms with E-state index in [2.05, 4.69) is 10.4 Å². The topological polar surface area (TPSA) is 56.2 Å². The van der Waals surface area contributed by atoms with Crippen molar-refractivity contribution < 1.29 is 22.7 Å². The molecular weight excluding hydrogens is 359 g/mol. The third kappa shape index (κ3) is 4.32. The van der Waals surface area contributed by atoms with E-state index >= 15 is 0 Å². The fraction of sp³-hybridized carbons (Fsp3) is 0.474. The van der Waals surface area contributed by atoms with E-state index in [-0.39, 0.29) is 11.7 Å². The SMILES string of the molecule is Cc1ccc(-n2ncc(C(=O)NC3CCOC(C)(C)C3)c2C(F)(F)F)cc1. The van der Waals surface area contributed by atoms with Gasteiger partial charge < -0.3 is 10.1 Å². The normalized spacial score (nSPS) is 19.7. The third-order valence-corrected chi connectivity index (χ3v) is 4.59. The van der Waals surface area contributed by atoms with Crippen LogP contribution in [-0.4, -0.2) is 33.9 Å². The number of aryl methyl sites for hydroxylation is 1. The molecule has 1 saturated heterocycles. The van der Waals surface area contributed by atoms with Crippen LogP contribution in [0.5, 0.6) is 0 Å². The van der Waals surface area contributed by atoms with E-state index in [9.17, 15) is 18.0 Å². The number of amides is 1. The fourth-order valence-corrected chi connectivity index (χ4v) is 3.29. The van der Waals surface area contributed by atoms with Gasteiger partial charge >= 0.3 is 6.18 Å². The Hall–Kier alpha value is -2.35. The predicted octanol–water partition coefficient (Wildman–Crippen LogP) is 3.89. The van der Waals surface area contributed by atoms with Crippen molar-refractivity contribution in [2.24, 2.45) is 0 Å². The first-order valence-electron chi connectivity index (χ1n) is 8.74. The maximum absolute atomic E-state index is 13.7. The standard InChI is InChI=1S/C19H22F3N3O2/c1-12-4-6-14(7-5-12)25-16(19(20,21)22)15(11-23-25)17(26)24-13-8-9-27-18(2,3)10-13/h4-7,11,13H,8-10H2,1-3H3,(H,24,26). The Balaban J connectivity index is 1.91. The Morgan fingerprint density at radius 3 is 2.56 bits per heavy atom. The van der Waals surface area contributed by atoms with Gasteiger partial charge in [0.25, 0.3) is 5.91 Å². The molecule has 2 aromatic rings. The van der Waals surface area contributed by atoms with Crippen molar-refractivity contribution >= 4 is 5.91 Å². The molecule has 1 aromatic carbocycles. The van der Waals surface area contributed by atoms with Crippen molar-refractivity contribution in [3.8, 4) is 5.69 Å². The Bertz CT molecular complexity index is 826. The summed E-state index contributed by atoms with van der Waals surface area (Å²) in [6.07, 6.45) is -2.65. The molecule has 27 heavy (non-hydrogen) atoms. The number of ether oxygens (including phenoxy) is 1. The van der Waals surface area contributed by atoms with Crippen LogP contribution in [0.1, 0.15) is 48.3 Å². The average molecular weight is 381 g/mol. The summed E-state index contributed by atoms with van der Waals surface area (Å²) < 4.78 is 47.5. The molecule has 0 radical (unpaired) electrons. The number of nitrogens with one attached hydrogen (secondary N) is 1. The molecule has 0 aliphatic carbocycles. The summed E-state index contributed by atoms with van der Waals surface area (Å²) in [5.41, 5.74) is -0.809. The van der Waals surface area contributed by atoms with Crippen molar-refractivity contribution in [3.05, 3.63) is 47.3 Å². The first kappa shape index (κ1) is 19.4. The van der Waals surface area contributed by atoms with Crippen molar-refractivity contribution in [2.45, 2.75) is 51.4 Å². The van der Waals surface area contributed by atoms with Crippen LogP contribution in [0.15, 0.2) is 30.5 Å². The number of carbonyl (C=O) groups excluding carboxylic acids is 1. The predicted molar refractivity (Wildman–Crippen MR) is 93.8 cm³/mol. The molecule has 1 amide bonds. The van der Waals surface area contributed by atoms with Crippen LogP contribution in [0.3, 0.4) is 0 Å². The van der Waals surface area contributed by atoms with E-state index in [1.165, 1.54) is 0 Å². The maximum atomic E-state index is 13.7. The number of carbonyl (C=O) groups is 1. The lowest BCUT2D eigenvalue weighted by Crippen LogP contribution is -2.46. The molecule has 0 bridgehead atoms. The fourth-order valence-electron chi connectivity index (χ4n) is 3.29. The van der Waals surface area contributed by atoms with Gasteiger partial charge in [0.1, 0.15) is 0 Å². The van der Waals surface area contributed by atoms with Gasteiger partial charge in [-0.3, -0.25) is 4.79 Å². The molecule has 2 heterocycles. The summed E-state index contributed by atoms with van der Waals surface area (Å²) in [5.74, 6) is -0.775. The maximum Gasteiger partial charge on any atom is 0.434 e. The number of alkyl halides is 3. The van der Waals surface area contributed by atoms with Crippen LogP contribution in [0.25, 0.3) is 5.69 Å². The highest BCUT2D eigenvalue weighted by Gasteiger charge is 2.41. The summed E-state index contributed by atoms with van der Waals surface area (Å²) in [5, 5.41) is 6.54. The van der Waals surface area contributed by atoms with E-state index < -0.39 is 28.9 Å². The Labute approximate surface area is 155 Å². The molecule has 5 nitrogen and oxygen atoms in total. The highest BCUT2D eigenvalue weighted by molar-refractivity contribution is 5.95. The molecule has 1 aromatic heterocycles. The second-order valence-corrected chi connectivity index (χ2v) is 7.42. The average Bonchev–Trinajstić information content (AvgIpc) is 3.00. The second kappa shape index (κ2) is 6.99. The number of benzene rings is 1. The number of rotatable bonds is 3. The molecule has 1 aliphatic rings. The molecule has 1 atom stereocenters. The zero-order valence-corrected chi connectivity index (χ0v) is 15.4. The molecule has 8 heteroatoms. The highest BCUT2D eigenvalue weighted by atomic mass is 19.4. The van der Waals surface area contributed by atoms with Crippen LogP contribution in [0, 0.1) is 6.92 Å². The van der Waals surface area contributed by atoms with Gasteiger partial charge in [0.15, 0.2) is 5.69 Å². The van der Waals surface area contributed by atoms with Gasteiger partial charge in [-0.05, 0) is 45.7 Å². The largest absolute Gasteiger partial charge is 0.434 e. The first-order chi connectivity index (χ1) is 12.6. The van der Waals surface area contributed by atoms with Crippen molar-refractivity contribution in [1.82, 2.24) is 15.1 Å². The monoisotopic (exact) mass is 381 g/mol. The third-order valence-electron chi connectivity index (χ3n) is 4.59. The smallest absolute Gasteiger partial charge is 0.375 e. The lowest BCUT2D eigenvalue weighted by Gasteiger charge is -2.35. The van der Waals surface area contributed by atoms with E-state index in [0.29, 0.717) is 19.4 Å². The zero-order valence-electron chi connectivity index (χ0n) is 15.4. The molecule has 3 rings (SSSR count). The minimum Gasteiger partial charge on any atom is -0.375 e. The van der Waals surface area contributed by atoms with Crippen LogP contribution >= 0.6 is 0 Å². The number of halogens is 3. The van der Waals surface area contributed by atoms with E-state index in [1.807, 2.05) is 20.8 Å². The number of aromatic nitrogens is 2. The van der Waals surface area contributed by atoms with Gasteiger partial charge in [0, 0.05) is 12.6 Å². The van der Waals surface area contributed by atoms with E-state index in [0.717, 1.165) is 16.4 Å². The number of hydrogen-bond donors (Lipinski definition) is 1. The molecule has 1 aliphatic heterocycles. The summed E-state index contributed by atoms with van der Waals surface area (Å²) in [4.78, 5) is 12.6. The van der Waals surface area contributed by atoms with Gasteiger partial charge in [-0.25, -0.2) is 4.68 Å². The Morgan fingerprint density at radius 2 is 1.96 bits per heavy atom. The molecule has 146 valence electrons. The summed E-state index contributed by atoms with van der Waals surface area (Å²) >= 11 is 0. The minimum absolute atomic E-state index is 0.245. The van der Waals surface area contributed by atoms with Gasteiger partial charge in [0.2, 0.25) is 0 Å². The molecular formula is C19H22F3N3O2. The second-order valence-electron chi connectivity index (χ2n) is 7.42. The minimum atomic E-state index is -4.72. The lowest BCUT2D eigenvalue weighted by atomic mass is 9.94.